The lowest BCUT2D eigenvalue weighted by molar-refractivity contribution is 0.474. The molecular formula is C14H11Cl2N3OS. The van der Waals surface area contributed by atoms with Crippen LogP contribution in [0.1, 0.15) is 5.56 Å². The summed E-state index contributed by atoms with van der Waals surface area (Å²) in [4.78, 5) is 0. The predicted octanol–water partition coefficient (Wildman–Crippen LogP) is 4.02. The summed E-state index contributed by atoms with van der Waals surface area (Å²) in [6.45, 7) is 0. The van der Waals surface area contributed by atoms with E-state index >= 15 is 0 Å². The fourth-order valence-electron chi connectivity index (χ4n) is 1.53. The lowest BCUT2D eigenvalue weighted by atomic mass is 10.2. The van der Waals surface area contributed by atoms with Gasteiger partial charge in [-0.05, 0) is 36.5 Å². The normalized spacial score (nSPS) is 10.6. The number of phenols is 1. The molecule has 21 heavy (non-hydrogen) atoms. The molecule has 0 aliphatic heterocycles. The smallest absolute Gasteiger partial charge is 0.191 e. The maximum atomic E-state index is 9.76. The summed E-state index contributed by atoms with van der Waals surface area (Å²) in [5, 5.41) is 17.5. The van der Waals surface area contributed by atoms with Crippen molar-refractivity contribution in [1.29, 1.82) is 0 Å². The number of hydrazone groups is 1. The highest BCUT2D eigenvalue weighted by Crippen LogP contribution is 2.29. The van der Waals surface area contributed by atoms with E-state index in [1.807, 2.05) is 30.3 Å². The minimum atomic E-state index is -0.0893. The first-order valence-electron chi connectivity index (χ1n) is 5.89. The number of hydrogen-bond donors (Lipinski definition) is 3. The lowest BCUT2D eigenvalue weighted by Gasteiger charge is -2.06. The summed E-state index contributed by atoms with van der Waals surface area (Å²) >= 11 is 16.8. The van der Waals surface area contributed by atoms with Crippen molar-refractivity contribution >= 4 is 52.4 Å². The maximum absolute atomic E-state index is 9.76. The molecule has 0 fully saturated rings. The van der Waals surface area contributed by atoms with E-state index in [0.717, 1.165) is 5.69 Å². The number of phenolic OH excluding ortho intramolecular Hbond substituents is 1. The first-order valence-corrected chi connectivity index (χ1v) is 7.06. The number of anilines is 1. The average Bonchev–Trinajstić information content (AvgIpc) is 2.45. The topological polar surface area (TPSA) is 56.7 Å². The fraction of sp³-hybridized carbons (Fsp3) is 0. The zero-order valence-corrected chi connectivity index (χ0v) is 13.0. The number of nitrogens with one attached hydrogen (secondary N) is 2. The van der Waals surface area contributed by atoms with E-state index in [0.29, 0.717) is 15.7 Å². The molecule has 0 bridgehead atoms. The van der Waals surface area contributed by atoms with Gasteiger partial charge in [0.05, 0.1) is 11.2 Å². The minimum Gasteiger partial charge on any atom is -0.506 e. The largest absolute Gasteiger partial charge is 0.506 e. The molecule has 0 spiro atoms. The fourth-order valence-corrected chi connectivity index (χ4v) is 2.20. The number of thiocarbonyl (C=S) groups is 1. The van der Waals surface area contributed by atoms with Gasteiger partial charge < -0.3 is 10.4 Å². The summed E-state index contributed by atoms with van der Waals surface area (Å²) in [7, 11) is 0. The Bertz CT molecular complexity index is 677. The Morgan fingerprint density at radius 2 is 1.90 bits per heavy atom. The van der Waals surface area contributed by atoms with Gasteiger partial charge in [-0.1, -0.05) is 41.4 Å². The first-order chi connectivity index (χ1) is 10.1. The van der Waals surface area contributed by atoms with E-state index in [-0.39, 0.29) is 10.8 Å². The molecule has 0 aliphatic rings. The molecule has 7 heteroatoms. The summed E-state index contributed by atoms with van der Waals surface area (Å²) in [5.74, 6) is -0.0893. The van der Waals surface area contributed by atoms with Crippen LogP contribution in [0.5, 0.6) is 5.75 Å². The second kappa shape index (κ2) is 7.26. The highest BCUT2D eigenvalue weighted by atomic mass is 35.5. The molecule has 108 valence electrons. The van der Waals surface area contributed by atoms with Crippen molar-refractivity contribution in [3.05, 3.63) is 58.1 Å². The molecular weight excluding hydrogens is 329 g/mol. The van der Waals surface area contributed by atoms with Crippen molar-refractivity contribution < 1.29 is 5.11 Å². The van der Waals surface area contributed by atoms with Crippen molar-refractivity contribution in [1.82, 2.24) is 5.43 Å². The summed E-state index contributed by atoms with van der Waals surface area (Å²) in [5.41, 5.74) is 3.88. The van der Waals surface area contributed by atoms with E-state index in [1.54, 1.807) is 6.07 Å². The van der Waals surface area contributed by atoms with Crippen LogP contribution < -0.4 is 10.7 Å². The van der Waals surface area contributed by atoms with Crippen molar-refractivity contribution in [3.8, 4) is 5.75 Å². The Labute approximate surface area is 137 Å². The molecule has 2 aromatic rings. The van der Waals surface area contributed by atoms with Crippen molar-refractivity contribution in [2.24, 2.45) is 5.10 Å². The van der Waals surface area contributed by atoms with Crippen LogP contribution in [0, 0.1) is 0 Å². The number of para-hydroxylation sites is 1. The Balaban J connectivity index is 1.98. The lowest BCUT2D eigenvalue weighted by Crippen LogP contribution is -2.23. The molecule has 0 aliphatic carbocycles. The molecule has 0 saturated carbocycles. The van der Waals surface area contributed by atoms with Crippen LogP contribution in [0.4, 0.5) is 5.69 Å². The van der Waals surface area contributed by atoms with Crippen LogP contribution in [0.2, 0.25) is 10.0 Å². The van der Waals surface area contributed by atoms with Crippen molar-refractivity contribution in [2.75, 3.05) is 5.32 Å². The van der Waals surface area contributed by atoms with Crippen LogP contribution in [-0.4, -0.2) is 16.4 Å². The van der Waals surface area contributed by atoms with Gasteiger partial charge in [0.25, 0.3) is 0 Å². The van der Waals surface area contributed by atoms with E-state index in [9.17, 15) is 5.11 Å². The number of aromatic hydroxyl groups is 1. The molecule has 0 unspecified atom stereocenters. The molecule has 0 aromatic heterocycles. The summed E-state index contributed by atoms with van der Waals surface area (Å²) < 4.78 is 0. The van der Waals surface area contributed by atoms with Crippen LogP contribution in [0.25, 0.3) is 0 Å². The highest BCUT2D eigenvalue weighted by Gasteiger charge is 2.05. The zero-order chi connectivity index (χ0) is 15.2. The highest BCUT2D eigenvalue weighted by molar-refractivity contribution is 7.80. The van der Waals surface area contributed by atoms with E-state index in [2.05, 4.69) is 15.8 Å². The number of benzene rings is 2. The second-order valence-corrected chi connectivity index (χ2v) is 5.27. The zero-order valence-electron chi connectivity index (χ0n) is 10.7. The van der Waals surface area contributed by atoms with Gasteiger partial charge in [-0.3, -0.25) is 5.43 Å². The Kier molecular flexibility index (Phi) is 5.38. The number of halogens is 2. The Morgan fingerprint density at radius 3 is 2.62 bits per heavy atom. The number of nitrogens with zero attached hydrogens (tertiary/aromatic N) is 1. The van der Waals surface area contributed by atoms with E-state index < -0.39 is 0 Å². The van der Waals surface area contributed by atoms with E-state index in [1.165, 1.54) is 12.3 Å². The van der Waals surface area contributed by atoms with Crippen molar-refractivity contribution in [2.45, 2.75) is 0 Å². The van der Waals surface area contributed by atoms with Gasteiger partial charge in [0.15, 0.2) is 5.11 Å². The minimum absolute atomic E-state index is 0.0893. The molecule has 2 rings (SSSR count). The van der Waals surface area contributed by atoms with Crippen LogP contribution >= 0.6 is 35.4 Å². The molecule has 4 nitrogen and oxygen atoms in total. The second-order valence-electron chi connectivity index (χ2n) is 4.02. The quantitative estimate of drug-likeness (QED) is 0.449. The van der Waals surface area contributed by atoms with Gasteiger partial charge in [0.2, 0.25) is 0 Å². The number of hydrogen-bond acceptors (Lipinski definition) is 3. The standard InChI is InChI=1S/C14H11Cl2N3OS/c15-10-6-9(13(20)12(16)7-10)8-17-19-14(21)18-11-4-2-1-3-5-11/h1-8,20H,(H2,18,19,21)/b17-8-. The van der Waals surface area contributed by atoms with Gasteiger partial charge in [-0.2, -0.15) is 5.10 Å². The average molecular weight is 340 g/mol. The Morgan fingerprint density at radius 1 is 1.19 bits per heavy atom. The molecule has 0 amide bonds. The van der Waals surface area contributed by atoms with Gasteiger partial charge in [0.1, 0.15) is 5.75 Å². The summed E-state index contributed by atoms with van der Waals surface area (Å²) in [6.07, 6.45) is 1.38. The van der Waals surface area contributed by atoms with Gasteiger partial charge in [0, 0.05) is 16.3 Å². The third-order valence-electron chi connectivity index (χ3n) is 2.46. The van der Waals surface area contributed by atoms with Crippen molar-refractivity contribution in [3.63, 3.8) is 0 Å². The van der Waals surface area contributed by atoms with Gasteiger partial charge >= 0.3 is 0 Å². The number of rotatable bonds is 3. The molecule has 2 aromatic carbocycles. The molecule has 0 saturated heterocycles. The molecule has 0 radical (unpaired) electrons. The maximum Gasteiger partial charge on any atom is 0.191 e. The van der Waals surface area contributed by atoms with Crippen LogP contribution in [0.3, 0.4) is 0 Å². The third kappa shape index (κ3) is 4.60. The predicted molar refractivity (Wildman–Crippen MR) is 91.5 cm³/mol. The monoisotopic (exact) mass is 339 g/mol. The van der Waals surface area contributed by atoms with Gasteiger partial charge in [-0.25, -0.2) is 0 Å². The SMILES string of the molecule is Oc1c(Cl)cc(Cl)cc1/C=N\NC(=S)Nc1ccccc1. The summed E-state index contributed by atoms with van der Waals surface area (Å²) in [6, 6.07) is 12.4. The first kappa shape index (κ1) is 15.6. The van der Waals surface area contributed by atoms with Crippen LogP contribution in [0.15, 0.2) is 47.6 Å². The Hall–Kier alpha value is -1.82. The molecule has 0 heterocycles. The molecule has 3 N–H and O–H groups in total. The van der Waals surface area contributed by atoms with Gasteiger partial charge in [-0.15, -0.1) is 0 Å². The van der Waals surface area contributed by atoms with Crippen LogP contribution in [-0.2, 0) is 0 Å². The third-order valence-corrected chi connectivity index (χ3v) is 3.16. The molecule has 0 atom stereocenters. The van der Waals surface area contributed by atoms with E-state index in [4.69, 9.17) is 35.4 Å².